The molecule has 138 valence electrons. The Morgan fingerprint density at radius 1 is 1.22 bits per heavy atom. The van der Waals surface area contributed by atoms with Gasteiger partial charge in [-0.25, -0.2) is 4.79 Å². The molecule has 0 unspecified atom stereocenters. The maximum atomic E-state index is 12.4. The summed E-state index contributed by atoms with van der Waals surface area (Å²) in [6.45, 7) is 1.05. The van der Waals surface area contributed by atoms with Crippen molar-refractivity contribution in [3.05, 3.63) is 58.7 Å². The first-order valence-corrected chi connectivity index (χ1v) is 8.71. The van der Waals surface area contributed by atoms with Gasteiger partial charge in [0, 0.05) is 5.56 Å². The molecular weight excluding hydrogens is 370 g/mol. The van der Waals surface area contributed by atoms with Gasteiger partial charge in [-0.2, -0.15) is 0 Å². The maximum absolute atomic E-state index is 12.4. The number of anilines is 1. The van der Waals surface area contributed by atoms with Crippen LogP contribution in [-0.2, 0) is 9.53 Å². The second-order valence-electron chi connectivity index (χ2n) is 5.48. The Bertz CT molecular complexity index is 994. The number of thiophene rings is 1. The molecule has 2 heterocycles. The smallest absolute Gasteiger partial charge is 0.344 e. The van der Waals surface area contributed by atoms with Crippen LogP contribution in [0.3, 0.4) is 0 Å². The van der Waals surface area contributed by atoms with Gasteiger partial charge in [-0.3, -0.25) is 9.59 Å². The van der Waals surface area contributed by atoms with Gasteiger partial charge in [0.2, 0.25) is 0 Å². The molecule has 3 N–H and O–H groups in total. The van der Waals surface area contributed by atoms with E-state index in [4.69, 9.17) is 15.0 Å². The second-order valence-corrected chi connectivity index (χ2v) is 6.40. The van der Waals surface area contributed by atoms with Crippen molar-refractivity contribution < 1.29 is 23.6 Å². The van der Waals surface area contributed by atoms with Crippen LogP contribution in [0.15, 0.2) is 46.3 Å². The molecule has 2 aromatic heterocycles. The normalized spacial score (nSPS) is 10.4. The van der Waals surface area contributed by atoms with E-state index in [1.54, 1.807) is 36.6 Å². The monoisotopic (exact) mass is 385 g/mol. The first-order valence-electron chi connectivity index (χ1n) is 7.83. The molecule has 2 amide bonds. The highest BCUT2D eigenvalue weighted by Gasteiger charge is 2.24. The van der Waals surface area contributed by atoms with Crippen molar-refractivity contribution in [1.29, 1.82) is 0 Å². The number of carbonyl (C=O) groups is 3. The molecule has 27 heavy (non-hydrogen) atoms. The molecule has 0 radical (unpaired) electrons. The standard InChI is InChI=1S/C18H15N3O5S/c1-10-14(15(21-26-10)11-5-3-2-4-6-11)18(24)25-9-13(22)20-17-12(16(19)23)7-8-27-17/h2-8H,9H2,1H3,(H2,19,23)(H,20,22). The zero-order chi connectivity index (χ0) is 19.4. The third kappa shape index (κ3) is 4.04. The van der Waals surface area contributed by atoms with Gasteiger partial charge in [-0.15, -0.1) is 11.3 Å². The van der Waals surface area contributed by atoms with Gasteiger partial charge >= 0.3 is 5.97 Å². The summed E-state index contributed by atoms with van der Waals surface area (Å²) < 4.78 is 10.2. The van der Waals surface area contributed by atoms with E-state index in [-0.39, 0.29) is 16.9 Å². The van der Waals surface area contributed by atoms with Crippen molar-refractivity contribution >= 4 is 34.1 Å². The molecule has 0 aliphatic heterocycles. The van der Waals surface area contributed by atoms with Crippen LogP contribution < -0.4 is 11.1 Å². The summed E-state index contributed by atoms with van der Waals surface area (Å²) in [7, 11) is 0. The van der Waals surface area contributed by atoms with Crippen molar-refractivity contribution in [2.24, 2.45) is 5.73 Å². The minimum absolute atomic E-state index is 0.156. The molecule has 3 rings (SSSR count). The first kappa shape index (κ1) is 18.3. The van der Waals surface area contributed by atoms with Crippen LogP contribution in [0.2, 0.25) is 0 Å². The summed E-state index contributed by atoms with van der Waals surface area (Å²) in [5, 5.41) is 8.32. The Balaban J connectivity index is 1.68. The lowest BCUT2D eigenvalue weighted by atomic mass is 10.1. The number of esters is 1. The molecule has 9 heteroatoms. The van der Waals surface area contributed by atoms with Gasteiger partial charge < -0.3 is 20.3 Å². The lowest BCUT2D eigenvalue weighted by Gasteiger charge is -2.06. The van der Waals surface area contributed by atoms with Crippen LogP contribution in [0.5, 0.6) is 0 Å². The number of hydrogen-bond donors (Lipinski definition) is 2. The Hall–Kier alpha value is -3.46. The van der Waals surface area contributed by atoms with E-state index in [2.05, 4.69) is 10.5 Å². The first-order chi connectivity index (χ1) is 13.0. The van der Waals surface area contributed by atoms with Crippen LogP contribution >= 0.6 is 11.3 Å². The number of carbonyl (C=O) groups excluding carboxylic acids is 3. The molecule has 0 saturated heterocycles. The number of primary amides is 1. The predicted molar refractivity (Wildman–Crippen MR) is 98.4 cm³/mol. The fraction of sp³-hybridized carbons (Fsp3) is 0.111. The number of benzene rings is 1. The van der Waals surface area contributed by atoms with E-state index in [9.17, 15) is 14.4 Å². The summed E-state index contributed by atoms with van der Waals surface area (Å²) in [5.74, 6) is -1.70. The lowest BCUT2D eigenvalue weighted by molar-refractivity contribution is -0.119. The van der Waals surface area contributed by atoms with Crippen molar-refractivity contribution in [2.45, 2.75) is 6.92 Å². The molecule has 0 fully saturated rings. The fourth-order valence-electron chi connectivity index (χ4n) is 2.37. The van der Waals surface area contributed by atoms with E-state index in [0.717, 1.165) is 11.3 Å². The topological polar surface area (TPSA) is 125 Å². The Morgan fingerprint density at radius 3 is 2.67 bits per heavy atom. The molecule has 0 spiro atoms. The predicted octanol–water partition coefficient (Wildman–Crippen LogP) is 2.61. The number of nitrogens with two attached hydrogens (primary N) is 1. The third-order valence-electron chi connectivity index (χ3n) is 3.63. The summed E-state index contributed by atoms with van der Waals surface area (Å²) in [6, 6.07) is 10.5. The van der Waals surface area contributed by atoms with Crippen molar-refractivity contribution in [2.75, 3.05) is 11.9 Å². The van der Waals surface area contributed by atoms with Gasteiger partial charge in [0.25, 0.3) is 11.8 Å². The van der Waals surface area contributed by atoms with Crippen molar-refractivity contribution in [3.63, 3.8) is 0 Å². The number of nitrogens with one attached hydrogen (secondary N) is 1. The highest BCUT2D eigenvalue weighted by atomic mass is 32.1. The number of amides is 2. The van der Waals surface area contributed by atoms with E-state index in [1.165, 1.54) is 6.07 Å². The minimum atomic E-state index is -0.732. The molecule has 0 saturated carbocycles. The summed E-state index contributed by atoms with van der Waals surface area (Å²) in [6.07, 6.45) is 0. The molecule has 1 aromatic carbocycles. The summed E-state index contributed by atoms with van der Waals surface area (Å²) in [4.78, 5) is 35.7. The zero-order valence-electron chi connectivity index (χ0n) is 14.2. The van der Waals surface area contributed by atoms with Gasteiger partial charge in [0.1, 0.15) is 22.0 Å². The summed E-state index contributed by atoms with van der Waals surface area (Å²) >= 11 is 1.14. The molecular formula is C18H15N3O5S. The molecule has 0 atom stereocenters. The number of aromatic nitrogens is 1. The van der Waals surface area contributed by atoms with Crippen LogP contribution in [-0.4, -0.2) is 29.5 Å². The van der Waals surface area contributed by atoms with E-state index in [1.807, 2.05) is 6.07 Å². The number of nitrogens with zero attached hydrogens (tertiary/aromatic N) is 1. The quantitative estimate of drug-likeness (QED) is 0.629. The molecule has 8 nitrogen and oxygen atoms in total. The summed E-state index contributed by atoms with van der Waals surface area (Å²) in [5.41, 5.74) is 6.60. The average molecular weight is 385 g/mol. The third-order valence-corrected chi connectivity index (χ3v) is 4.46. The number of aryl methyl sites for hydroxylation is 1. The fourth-order valence-corrected chi connectivity index (χ4v) is 3.18. The van der Waals surface area contributed by atoms with E-state index >= 15 is 0 Å². The second kappa shape index (κ2) is 7.83. The number of rotatable bonds is 6. The van der Waals surface area contributed by atoms with Crippen molar-refractivity contribution in [3.8, 4) is 11.3 Å². The van der Waals surface area contributed by atoms with E-state index in [0.29, 0.717) is 16.3 Å². The lowest BCUT2D eigenvalue weighted by Crippen LogP contribution is -2.22. The SMILES string of the molecule is Cc1onc(-c2ccccc2)c1C(=O)OCC(=O)Nc1sccc1C(N)=O. The average Bonchev–Trinajstić information content (AvgIpc) is 3.27. The highest BCUT2D eigenvalue weighted by molar-refractivity contribution is 7.14. The Morgan fingerprint density at radius 2 is 1.96 bits per heavy atom. The maximum Gasteiger partial charge on any atom is 0.344 e. The van der Waals surface area contributed by atoms with E-state index < -0.39 is 24.4 Å². The molecule has 0 bridgehead atoms. The Kier molecular flexibility index (Phi) is 5.32. The van der Waals surface area contributed by atoms with Crippen molar-refractivity contribution in [1.82, 2.24) is 5.16 Å². The molecule has 0 aliphatic rings. The number of hydrogen-bond acceptors (Lipinski definition) is 7. The Labute approximate surface area is 157 Å². The molecule has 3 aromatic rings. The van der Waals surface area contributed by atoms with Crippen LogP contribution in [0.25, 0.3) is 11.3 Å². The van der Waals surface area contributed by atoms with Crippen LogP contribution in [0, 0.1) is 6.92 Å². The molecule has 0 aliphatic carbocycles. The highest BCUT2D eigenvalue weighted by Crippen LogP contribution is 2.26. The van der Waals surface area contributed by atoms with Gasteiger partial charge in [-0.05, 0) is 18.4 Å². The minimum Gasteiger partial charge on any atom is -0.452 e. The largest absolute Gasteiger partial charge is 0.452 e. The zero-order valence-corrected chi connectivity index (χ0v) is 15.0. The van der Waals surface area contributed by atoms with Gasteiger partial charge in [0.15, 0.2) is 6.61 Å². The van der Waals surface area contributed by atoms with Crippen LogP contribution in [0.4, 0.5) is 5.00 Å². The number of ether oxygens (including phenoxy) is 1. The van der Waals surface area contributed by atoms with Gasteiger partial charge in [0.05, 0.1) is 5.56 Å². The van der Waals surface area contributed by atoms with Crippen LogP contribution in [0.1, 0.15) is 26.5 Å². The van der Waals surface area contributed by atoms with Gasteiger partial charge in [-0.1, -0.05) is 35.5 Å².